The van der Waals surface area contributed by atoms with Crippen LogP contribution in [0, 0.1) is 0 Å². The first-order valence-corrected chi connectivity index (χ1v) is 12.0. The number of hydrogen-bond donors (Lipinski definition) is 0. The number of fused-ring (bicyclic) bond motifs is 3. The third-order valence-electron chi connectivity index (χ3n) is 6.02. The van der Waals surface area contributed by atoms with E-state index in [4.69, 9.17) is 19.3 Å². The van der Waals surface area contributed by atoms with Crippen molar-refractivity contribution in [2.24, 2.45) is 0 Å². The Balaban J connectivity index is 2.34. The summed E-state index contributed by atoms with van der Waals surface area (Å²) in [5.74, 6) is 2.10. The van der Waals surface area contributed by atoms with Gasteiger partial charge >= 0.3 is 0 Å². The van der Waals surface area contributed by atoms with Gasteiger partial charge in [0.25, 0.3) is 0 Å². The highest BCUT2D eigenvalue weighted by molar-refractivity contribution is 6.78. The molecule has 1 aliphatic carbocycles. The normalized spacial score (nSPS) is 13.8. The van der Waals surface area contributed by atoms with E-state index in [0.717, 1.165) is 24.2 Å². The van der Waals surface area contributed by atoms with E-state index in [0.29, 0.717) is 11.5 Å². The predicted molar refractivity (Wildman–Crippen MR) is 107 cm³/mol. The lowest BCUT2D eigenvalue weighted by molar-refractivity contribution is 0.324. The van der Waals surface area contributed by atoms with Crippen molar-refractivity contribution in [2.75, 3.05) is 21.3 Å². The minimum absolute atomic E-state index is 0.175. The van der Waals surface area contributed by atoms with E-state index < -0.39 is 8.24 Å². The largest absolute Gasteiger partial charge is 0.493 e. The molecule has 0 fully saturated rings. The van der Waals surface area contributed by atoms with E-state index in [1.165, 1.54) is 16.8 Å². The van der Waals surface area contributed by atoms with Crippen LogP contribution >= 0.6 is 0 Å². The minimum Gasteiger partial charge on any atom is -0.493 e. The quantitative estimate of drug-likeness (QED) is 0.738. The van der Waals surface area contributed by atoms with Gasteiger partial charge in [-0.25, -0.2) is 0 Å². The van der Waals surface area contributed by atoms with Crippen molar-refractivity contribution in [3.05, 3.63) is 23.4 Å². The Labute approximate surface area is 157 Å². The summed E-state index contributed by atoms with van der Waals surface area (Å²) in [6.07, 6.45) is 3.97. The lowest BCUT2D eigenvalue weighted by Gasteiger charge is -2.38. The Morgan fingerprint density at radius 2 is 1.58 bits per heavy atom. The molecule has 1 aromatic heterocycles. The van der Waals surface area contributed by atoms with Gasteiger partial charge in [0.2, 0.25) is 5.75 Å². The molecule has 1 heterocycles. The highest BCUT2D eigenvalue weighted by Gasteiger charge is 2.42. The van der Waals surface area contributed by atoms with Crippen molar-refractivity contribution in [1.29, 1.82) is 0 Å². The molecule has 0 aliphatic heterocycles. The molecule has 0 bridgehead atoms. The molecule has 0 amide bonds. The summed E-state index contributed by atoms with van der Waals surface area (Å²) in [5, 5.41) is 5.03. The van der Waals surface area contributed by atoms with Crippen molar-refractivity contribution >= 4 is 8.24 Å². The topological polar surface area (TPSA) is 45.5 Å². The third-order valence-corrected chi connectivity index (χ3v) is 11.1. The second-order valence-electron chi connectivity index (χ2n) is 8.42. The zero-order chi connectivity index (χ0) is 19.3. The molecule has 3 rings (SSSR count). The predicted octanol–water partition coefficient (Wildman–Crippen LogP) is 4.53. The van der Waals surface area contributed by atoms with Gasteiger partial charge in [-0.3, -0.25) is 4.35 Å². The SMILES string of the molecule is COc1cc2c(c(OC)c1OC)-c1c(cnn1[Si](C)(C)C(C)(C)C)CC2. The van der Waals surface area contributed by atoms with Gasteiger partial charge in [-0.15, -0.1) is 0 Å². The first-order chi connectivity index (χ1) is 12.2. The van der Waals surface area contributed by atoms with Crippen molar-refractivity contribution < 1.29 is 14.2 Å². The zero-order valence-corrected chi connectivity index (χ0v) is 18.2. The molecule has 0 N–H and O–H groups in total. The lowest BCUT2D eigenvalue weighted by atomic mass is 9.89. The molecular weight excluding hydrogens is 344 g/mol. The average molecular weight is 375 g/mol. The van der Waals surface area contributed by atoms with Crippen molar-refractivity contribution in [3.8, 4) is 28.5 Å². The molecule has 1 aliphatic rings. The molecule has 0 spiro atoms. The summed E-state index contributed by atoms with van der Waals surface area (Å²) < 4.78 is 19.3. The second kappa shape index (κ2) is 6.34. The summed E-state index contributed by atoms with van der Waals surface area (Å²) in [5.41, 5.74) is 4.81. The molecule has 142 valence electrons. The lowest BCUT2D eigenvalue weighted by Crippen LogP contribution is -2.46. The van der Waals surface area contributed by atoms with Crippen LogP contribution in [0.15, 0.2) is 12.3 Å². The van der Waals surface area contributed by atoms with Crippen molar-refractivity contribution in [3.63, 3.8) is 0 Å². The highest BCUT2D eigenvalue weighted by Crippen LogP contribution is 2.51. The van der Waals surface area contributed by atoms with E-state index in [1.807, 2.05) is 6.20 Å². The summed E-state index contributed by atoms with van der Waals surface area (Å²) in [6.45, 7) is 11.7. The van der Waals surface area contributed by atoms with Gasteiger partial charge in [-0.1, -0.05) is 20.8 Å². The van der Waals surface area contributed by atoms with Crippen LogP contribution in [0.2, 0.25) is 18.1 Å². The Hall–Kier alpha value is -1.95. The number of ether oxygens (including phenoxy) is 3. The van der Waals surface area contributed by atoms with Crippen molar-refractivity contribution in [1.82, 2.24) is 9.45 Å². The number of hydrogen-bond acceptors (Lipinski definition) is 4. The van der Waals surface area contributed by atoms with E-state index >= 15 is 0 Å². The maximum atomic E-state index is 5.83. The fourth-order valence-electron chi connectivity index (χ4n) is 3.51. The zero-order valence-electron chi connectivity index (χ0n) is 17.2. The second-order valence-corrected chi connectivity index (χ2v) is 13.5. The van der Waals surface area contributed by atoms with E-state index in [9.17, 15) is 0 Å². The number of methoxy groups -OCH3 is 3. The monoisotopic (exact) mass is 374 g/mol. The Bertz CT molecular complexity index is 835. The van der Waals surface area contributed by atoms with Crippen LogP contribution in [0.1, 0.15) is 31.9 Å². The molecule has 0 atom stereocenters. The fourth-order valence-corrected chi connectivity index (χ4v) is 5.30. The maximum Gasteiger partial charge on any atom is 0.203 e. The standard InChI is InChI=1S/C20H30N2O3Si/c1-20(2,3)26(7,8)22-17-14(12-21-22)10-9-13-11-15(23-4)18(24-5)19(25-6)16(13)17/h11-12H,9-10H2,1-8H3. The molecule has 0 saturated heterocycles. The Kier molecular flexibility index (Phi) is 4.59. The van der Waals surface area contributed by atoms with Gasteiger partial charge in [0.15, 0.2) is 19.7 Å². The minimum atomic E-state index is -1.88. The Morgan fingerprint density at radius 1 is 0.962 bits per heavy atom. The maximum absolute atomic E-state index is 5.83. The molecule has 0 unspecified atom stereocenters. The third kappa shape index (κ3) is 2.62. The van der Waals surface area contributed by atoms with Gasteiger partial charge in [-0.05, 0) is 48.2 Å². The average Bonchev–Trinajstić information content (AvgIpc) is 3.03. The van der Waals surface area contributed by atoms with E-state index in [2.05, 4.69) is 44.3 Å². The van der Waals surface area contributed by atoms with Crippen LogP contribution < -0.4 is 14.2 Å². The summed E-state index contributed by atoms with van der Waals surface area (Å²) in [7, 11) is 3.13. The van der Waals surface area contributed by atoms with Crippen LogP contribution in [-0.2, 0) is 12.8 Å². The molecule has 1 aromatic carbocycles. The number of benzene rings is 1. The number of rotatable bonds is 4. The van der Waals surface area contributed by atoms with Crippen LogP contribution in [0.5, 0.6) is 17.2 Å². The van der Waals surface area contributed by atoms with E-state index in [-0.39, 0.29) is 5.04 Å². The smallest absolute Gasteiger partial charge is 0.203 e. The number of nitrogens with zero attached hydrogens (tertiary/aromatic N) is 2. The summed E-state index contributed by atoms with van der Waals surface area (Å²) in [6, 6.07) is 2.09. The van der Waals surface area contributed by atoms with Gasteiger partial charge in [-0.2, -0.15) is 5.10 Å². The first-order valence-electron chi connectivity index (χ1n) is 9.07. The Morgan fingerprint density at radius 3 is 2.12 bits per heavy atom. The molecule has 0 radical (unpaired) electrons. The van der Waals surface area contributed by atoms with Gasteiger partial charge in [0.1, 0.15) is 0 Å². The molecule has 5 nitrogen and oxygen atoms in total. The molecule has 0 saturated carbocycles. The molecular formula is C20H30N2O3Si. The van der Waals surface area contributed by atoms with Gasteiger partial charge in [0.05, 0.1) is 33.2 Å². The molecule has 2 aromatic rings. The number of aromatic nitrogens is 2. The van der Waals surface area contributed by atoms with Crippen molar-refractivity contribution in [2.45, 2.75) is 51.7 Å². The first kappa shape index (κ1) is 18.8. The highest BCUT2D eigenvalue weighted by atomic mass is 28.3. The van der Waals surface area contributed by atoms with Gasteiger partial charge in [0, 0.05) is 5.56 Å². The fraction of sp³-hybridized carbons (Fsp3) is 0.550. The van der Waals surface area contributed by atoms with Gasteiger partial charge < -0.3 is 14.2 Å². The number of aryl methyl sites for hydroxylation is 2. The van der Waals surface area contributed by atoms with Crippen LogP contribution in [0.4, 0.5) is 0 Å². The van der Waals surface area contributed by atoms with Crippen LogP contribution in [-0.4, -0.2) is 39.0 Å². The molecule has 26 heavy (non-hydrogen) atoms. The summed E-state index contributed by atoms with van der Waals surface area (Å²) in [4.78, 5) is 0. The van der Waals surface area contributed by atoms with Crippen LogP contribution in [0.3, 0.4) is 0 Å². The van der Waals surface area contributed by atoms with Crippen LogP contribution in [0.25, 0.3) is 11.3 Å². The van der Waals surface area contributed by atoms with E-state index in [1.54, 1.807) is 21.3 Å². The molecule has 6 heteroatoms. The summed E-state index contributed by atoms with van der Waals surface area (Å²) >= 11 is 0.